The maximum Gasteiger partial charge on any atom is 0.341 e. The van der Waals surface area contributed by atoms with E-state index in [2.05, 4.69) is 10.3 Å². The fourth-order valence-electron chi connectivity index (χ4n) is 2.94. The summed E-state index contributed by atoms with van der Waals surface area (Å²) in [5.41, 5.74) is 2.90. The molecule has 3 aromatic rings. The van der Waals surface area contributed by atoms with E-state index >= 15 is 0 Å². The van der Waals surface area contributed by atoms with Gasteiger partial charge in [-0.1, -0.05) is 30.3 Å². The van der Waals surface area contributed by atoms with Crippen molar-refractivity contribution in [3.8, 4) is 0 Å². The van der Waals surface area contributed by atoms with Gasteiger partial charge >= 0.3 is 5.97 Å². The van der Waals surface area contributed by atoms with Crippen LogP contribution >= 0.6 is 0 Å². The molecule has 1 aromatic heterocycles. The summed E-state index contributed by atoms with van der Waals surface area (Å²) in [6.07, 6.45) is -0.354. The number of H-pyrrole nitrogens is 1. The van der Waals surface area contributed by atoms with Crippen LogP contribution in [0.4, 0.5) is 4.39 Å². The first kappa shape index (κ1) is 18.6. The second-order valence-electron chi connectivity index (χ2n) is 6.39. The fourth-order valence-corrected chi connectivity index (χ4v) is 2.94. The Kier molecular flexibility index (Phi) is 5.54. The van der Waals surface area contributed by atoms with Gasteiger partial charge in [-0.3, -0.25) is 4.79 Å². The molecule has 2 aromatic carbocycles. The summed E-state index contributed by atoms with van der Waals surface area (Å²) in [6, 6.07) is 13.5. The Hall–Kier alpha value is -3.15. The number of amides is 1. The molecule has 1 heterocycles. The first-order valence-electron chi connectivity index (χ1n) is 8.76. The molecule has 1 amide bonds. The van der Waals surface area contributed by atoms with Crippen molar-refractivity contribution in [2.75, 3.05) is 6.54 Å². The molecule has 3 rings (SSSR count). The number of carbonyl (C=O) groups excluding carboxylic acids is 2. The SMILES string of the molecule is Cc1[nH]c2ccccc2c1C(=O)OC(C)C(=O)NCCc1ccc(F)cc1. The molecule has 0 fully saturated rings. The van der Waals surface area contributed by atoms with Crippen LogP contribution in [0.5, 0.6) is 0 Å². The van der Waals surface area contributed by atoms with Crippen LogP contribution in [0.3, 0.4) is 0 Å². The first-order valence-corrected chi connectivity index (χ1v) is 8.76. The van der Waals surface area contributed by atoms with Gasteiger partial charge in [0.15, 0.2) is 6.10 Å². The number of nitrogens with one attached hydrogen (secondary N) is 2. The van der Waals surface area contributed by atoms with Gasteiger partial charge in [-0.15, -0.1) is 0 Å². The van der Waals surface area contributed by atoms with Crippen molar-refractivity contribution in [3.63, 3.8) is 0 Å². The van der Waals surface area contributed by atoms with Crippen LogP contribution in [0.1, 0.15) is 28.5 Å². The van der Waals surface area contributed by atoms with E-state index < -0.39 is 12.1 Å². The quantitative estimate of drug-likeness (QED) is 0.654. The number of rotatable bonds is 6. The Bertz CT molecular complexity index is 963. The van der Waals surface area contributed by atoms with Crippen molar-refractivity contribution in [2.24, 2.45) is 0 Å². The molecule has 140 valence electrons. The van der Waals surface area contributed by atoms with E-state index in [1.54, 1.807) is 19.1 Å². The number of fused-ring (bicyclic) bond motifs is 1. The minimum atomic E-state index is -0.918. The van der Waals surface area contributed by atoms with Crippen molar-refractivity contribution in [3.05, 3.63) is 71.2 Å². The number of hydrogen-bond acceptors (Lipinski definition) is 3. The summed E-state index contributed by atoms with van der Waals surface area (Å²) >= 11 is 0. The topological polar surface area (TPSA) is 71.2 Å². The van der Waals surface area contributed by atoms with Crippen LogP contribution in [0.2, 0.25) is 0 Å². The highest BCUT2D eigenvalue weighted by Crippen LogP contribution is 2.23. The van der Waals surface area contributed by atoms with Gasteiger partial charge in [0, 0.05) is 23.1 Å². The lowest BCUT2D eigenvalue weighted by atomic mass is 10.1. The van der Waals surface area contributed by atoms with E-state index in [0.29, 0.717) is 24.2 Å². The number of para-hydroxylation sites is 1. The number of ether oxygens (including phenoxy) is 1. The van der Waals surface area contributed by atoms with Crippen LogP contribution < -0.4 is 5.32 Å². The summed E-state index contributed by atoms with van der Waals surface area (Å²) in [5, 5.41) is 3.50. The highest BCUT2D eigenvalue weighted by Gasteiger charge is 2.22. The van der Waals surface area contributed by atoms with E-state index in [-0.39, 0.29) is 11.7 Å². The van der Waals surface area contributed by atoms with E-state index in [9.17, 15) is 14.0 Å². The first-order chi connectivity index (χ1) is 13.0. The highest BCUT2D eigenvalue weighted by atomic mass is 19.1. The fraction of sp³-hybridized carbons (Fsp3) is 0.238. The molecule has 1 atom stereocenters. The van der Waals surface area contributed by atoms with Crippen LogP contribution in [0.15, 0.2) is 48.5 Å². The van der Waals surface area contributed by atoms with Crippen LogP contribution in [0, 0.1) is 12.7 Å². The van der Waals surface area contributed by atoms with Crippen molar-refractivity contribution in [1.82, 2.24) is 10.3 Å². The van der Waals surface area contributed by atoms with E-state index in [4.69, 9.17) is 4.74 Å². The van der Waals surface area contributed by atoms with Gasteiger partial charge in [-0.2, -0.15) is 0 Å². The summed E-state index contributed by atoms with van der Waals surface area (Å²) in [5.74, 6) is -1.20. The maximum atomic E-state index is 12.9. The molecule has 27 heavy (non-hydrogen) atoms. The lowest BCUT2D eigenvalue weighted by Gasteiger charge is -2.13. The molecule has 0 aliphatic heterocycles. The van der Waals surface area contributed by atoms with Crippen molar-refractivity contribution in [2.45, 2.75) is 26.4 Å². The zero-order chi connectivity index (χ0) is 19.4. The van der Waals surface area contributed by atoms with E-state index in [1.807, 2.05) is 24.3 Å². The Labute approximate surface area is 156 Å². The summed E-state index contributed by atoms with van der Waals surface area (Å²) in [7, 11) is 0. The zero-order valence-corrected chi connectivity index (χ0v) is 15.2. The Morgan fingerprint density at radius 2 is 1.85 bits per heavy atom. The summed E-state index contributed by atoms with van der Waals surface area (Å²) in [4.78, 5) is 27.8. The van der Waals surface area contributed by atoms with Crippen LogP contribution in [0.25, 0.3) is 10.9 Å². The monoisotopic (exact) mass is 368 g/mol. The lowest BCUT2D eigenvalue weighted by molar-refractivity contribution is -0.129. The van der Waals surface area contributed by atoms with Gasteiger partial charge in [-0.25, -0.2) is 9.18 Å². The minimum absolute atomic E-state index is 0.295. The molecule has 0 aliphatic carbocycles. The third-order valence-electron chi connectivity index (χ3n) is 4.38. The second kappa shape index (κ2) is 8.03. The van der Waals surface area contributed by atoms with Gasteiger partial charge in [-0.05, 0) is 44.0 Å². The largest absolute Gasteiger partial charge is 0.449 e. The Morgan fingerprint density at radius 1 is 1.15 bits per heavy atom. The molecule has 0 saturated carbocycles. The molecular weight excluding hydrogens is 347 g/mol. The van der Waals surface area contributed by atoms with Gasteiger partial charge in [0.25, 0.3) is 5.91 Å². The molecule has 6 heteroatoms. The smallest absolute Gasteiger partial charge is 0.341 e. The van der Waals surface area contributed by atoms with Gasteiger partial charge in [0.1, 0.15) is 5.82 Å². The molecule has 0 saturated heterocycles. The second-order valence-corrected chi connectivity index (χ2v) is 6.39. The third-order valence-corrected chi connectivity index (χ3v) is 4.38. The molecule has 0 bridgehead atoms. The van der Waals surface area contributed by atoms with Gasteiger partial charge < -0.3 is 15.0 Å². The van der Waals surface area contributed by atoms with Crippen LogP contribution in [-0.4, -0.2) is 29.5 Å². The molecule has 0 aliphatic rings. The standard InChI is InChI=1S/C21H21FN2O3/c1-13-19(17-5-3-4-6-18(17)24-13)21(26)27-14(2)20(25)23-12-11-15-7-9-16(22)10-8-15/h3-10,14,24H,11-12H2,1-2H3,(H,23,25). The number of halogens is 1. The van der Waals surface area contributed by atoms with Crippen LogP contribution in [-0.2, 0) is 16.0 Å². The summed E-state index contributed by atoms with van der Waals surface area (Å²) in [6.45, 7) is 3.71. The molecule has 5 nitrogen and oxygen atoms in total. The number of carbonyl (C=O) groups is 2. The normalized spacial score (nSPS) is 12.0. The third kappa shape index (κ3) is 4.34. The number of hydrogen-bond donors (Lipinski definition) is 2. The molecule has 0 radical (unpaired) electrons. The lowest BCUT2D eigenvalue weighted by Crippen LogP contribution is -2.37. The highest BCUT2D eigenvalue weighted by molar-refractivity contribution is 6.06. The number of benzene rings is 2. The van der Waals surface area contributed by atoms with Crippen molar-refractivity contribution >= 4 is 22.8 Å². The molecule has 0 spiro atoms. The molecular formula is C21H21FN2O3. The number of aryl methyl sites for hydroxylation is 1. The average Bonchev–Trinajstić information content (AvgIpc) is 2.99. The predicted octanol–water partition coefficient (Wildman–Crippen LogP) is 3.52. The number of aromatic amines is 1. The van der Waals surface area contributed by atoms with Crippen molar-refractivity contribution in [1.29, 1.82) is 0 Å². The van der Waals surface area contributed by atoms with Crippen molar-refractivity contribution < 1.29 is 18.7 Å². The number of aromatic nitrogens is 1. The Balaban J connectivity index is 1.56. The Morgan fingerprint density at radius 3 is 2.59 bits per heavy atom. The van der Waals surface area contributed by atoms with Gasteiger partial charge in [0.2, 0.25) is 0 Å². The summed E-state index contributed by atoms with van der Waals surface area (Å²) < 4.78 is 18.2. The predicted molar refractivity (Wildman–Crippen MR) is 101 cm³/mol. The zero-order valence-electron chi connectivity index (χ0n) is 15.2. The average molecular weight is 368 g/mol. The molecule has 2 N–H and O–H groups in total. The van der Waals surface area contributed by atoms with E-state index in [0.717, 1.165) is 16.5 Å². The molecule has 1 unspecified atom stereocenters. The maximum absolute atomic E-state index is 12.9. The number of esters is 1. The van der Waals surface area contributed by atoms with E-state index in [1.165, 1.54) is 19.1 Å². The minimum Gasteiger partial charge on any atom is -0.449 e. The van der Waals surface area contributed by atoms with Gasteiger partial charge in [0.05, 0.1) is 5.56 Å².